The van der Waals surface area contributed by atoms with E-state index in [0.29, 0.717) is 5.02 Å². The molecule has 2 aromatic carbocycles. The third-order valence-corrected chi connectivity index (χ3v) is 5.29. The van der Waals surface area contributed by atoms with Crippen molar-refractivity contribution in [3.8, 4) is 0 Å². The molecule has 3 aromatic rings. The van der Waals surface area contributed by atoms with Gasteiger partial charge in [0.15, 0.2) is 15.7 Å². The maximum Gasteiger partial charge on any atom is 0.315 e. The van der Waals surface area contributed by atoms with E-state index in [-0.39, 0.29) is 23.2 Å². The second kappa shape index (κ2) is 7.67. The molecule has 0 atom stereocenters. The molecule has 1 aromatic heterocycles. The quantitative estimate of drug-likeness (QED) is 0.693. The number of carbonyl (C=O) groups excluding carboxylic acids is 1. The highest BCUT2D eigenvalue weighted by Gasteiger charge is 2.21. The van der Waals surface area contributed by atoms with Crippen LogP contribution < -0.4 is 5.32 Å². The molecule has 3 rings (SSSR count). The van der Waals surface area contributed by atoms with Gasteiger partial charge in [-0.2, -0.15) is 4.98 Å². The third-order valence-electron chi connectivity index (χ3n) is 3.43. The topological polar surface area (TPSA) is 102 Å². The first-order chi connectivity index (χ1) is 12.4. The van der Waals surface area contributed by atoms with Crippen LogP contribution in [0.2, 0.25) is 5.02 Å². The fourth-order valence-corrected chi connectivity index (χ4v) is 3.60. The van der Waals surface area contributed by atoms with Gasteiger partial charge < -0.3 is 9.84 Å². The van der Waals surface area contributed by atoms with Crippen LogP contribution in [-0.2, 0) is 22.1 Å². The van der Waals surface area contributed by atoms with Crippen LogP contribution in [0.15, 0.2) is 64.0 Å². The van der Waals surface area contributed by atoms with Gasteiger partial charge in [-0.15, -0.1) is 0 Å². The fourth-order valence-electron chi connectivity index (χ4n) is 2.19. The summed E-state index contributed by atoms with van der Waals surface area (Å²) in [5.74, 6) is -1.44. The highest BCUT2D eigenvalue weighted by atomic mass is 35.5. The summed E-state index contributed by atoms with van der Waals surface area (Å²) in [5.41, 5.74) is 0.803. The predicted octanol–water partition coefficient (Wildman–Crippen LogP) is 2.63. The monoisotopic (exact) mass is 391 g/mol. The van der Waals surface area contributed by atoms with Crippen molar-refractivity contribution in [2.24, 2.45) is 0 Å². The van der Waals surface area contributed by atoms with Gasteiger partial charge >= 0.3 is 11.8 Å². The Morgan fingerprint density at radius 3 is 2.62 bits per heavy atom. The van der Waals surface area contributed by atoms with Crippen LogP contribution in [0.25, 0.3) is 0 Å². The Hall–Kier alpha value is -2.71. The molecule has 0 unspecified atom stereocenters. The molecule has 1 heterocycles. The van der Waals surface area contributed by atoms with E-state index in [4.69, 9.17) is 16.1 Å². The van der Waals surface area contributed by atoms with Crippen molar-refractivity contribution in [2.45, 2.75) is 17.2 Å². The van der Waals surface area contributed by atoms with E-state index in [0.717, 1.165) is 5.56 Å². The van der Waals surface area contributed by atoms with Crippen molar-refractivity contribution in [1.82, 2.24) is 15.5 Å². The number of hydrogen-bond acceptors (Lipinski definition) is 6. The maximum absolute atomic E-state index is 12.3. The van der Waals surface area contributed by atoms with Crippen molar-refractivity contribution in [3.63, 3.8) is 0 Å². The van der Waals surface area contributed by atoms with Crippen LogP contribution in [-0.4, -0.2) is 24.5 Å². The van der Waals surface area contributed by atoms with Gasteiger partial charge in [-0.3, -0.25) is 4.79 Å². The van der Waals surface area contributed by atoms with Crippen LogP contribution in [0.1, 0.15) is 22.1 Å². The Bertz CT molecular complexity index is 1020. The molecule has 134 valence electrons. The smallest absolute Gasteiger partial charge is 0.315 e. The molecular formula is C17H14ClN3O4S. The minimum absolute atomic E-state index is 0.0817. The maximum atomic E-state index is 12.3. The molecule has 0 bridgehead atoms. The highest BCUT2D eigenvalue weighted by Crippen LogP contribution is 2.14. The molecule has 0 saturated carbocycles. The van der Waals surface area contributed by atoms with Crippen molar-refractivity contribution in [2.75, 3.05) is 0 Å². The lowest BCUT2D eigenvalue weighted by Crippen LogP contribution is -2.23. The number of rotatable bonds is 6. The Morgan fingerprint density at radius 2 is 1.88 bits per heavy atom. The summed E-state index contributed by atoms with van der Waals surface area (Å²) in [4.78, 5) is 16.1. The molecule has 0 radical (unpaired) electrons. The molecule has 0 saturated heterocycles. The molecule has 0 aliphatic rings. The first-order valence-electron chi connectivity index (χ1n) is 7.57. The zero-order valence-corrected chi connectivity index (χ0v) is 15.0. The van der Waals surface area contributed by atoms with Gasteiger partial charge in [0.25, 0.3) is 0 Å². The molecule has 26 heavy (non-hydrogen) atoms. The SMILES string of the molecule is O=C(NCc1cccc(Cl)c1)c1nc(CS(=O)(=O)c2ccccc2)no1. The summed E-state index contributed by atoms with van der Waals surface area (Å²) in [6, 6.07) is 14.9. The average molecular weight is 392 g/mol. The second-order valence-corrected chi connectivity index (χ2v) is 7.83. The van der Waals surface area contributed by atoms with E-state index in [1.165, 1.54) is 12.1 Å². The van der Waals surface area contributed by atoms with E-state index in [2.05, 4.69) is 15.5 Å². The lowest BCUT2D eigenvalue weighted by atomic mass is 10.2. The van der Waals surface area contributed by atoms with E-state index in [9.17, 15) is 13.2 Å². The van der Waals surface area contributed by atoms with E-state index in [1.807, 2.05) is 0 Å². The summed E-state index contributed by atoms with van der Waals surface area (Å²) in [6.07, 6.45) is 0. The van der Waals surface area contributed by atoms with Crippen molar-refractivity contribution in [1.29, 1.82) is 0 Å². The van der Waals surface area contributed by atoms with Crippen LogP contribution in [0.3, 0.4) is 0 Å². The van der Waals surface area contributed by atoms with Gasteiger partial charge in [0.2, 0.25) is 0 Å². The van der Waals surface area contributed by atoms with Gasteiger partial charge in [-0.1, -0.05) is 47.1 Å². The number of nitrogens with one attached hydrogen (secondary N) is 1. The normalized spacial score (nSPS) is 11.3. The molecular weight excluding hydrogens is 378 g/mol. The molecule has 9 heteroatoms. The minimum Gasteiger partial charge on any atom is -0.344 e. The average Bonchev–Trinajstić information content (AvgIpc) is 3.08. The number of benzene rings is 2. The molecule has 1 N–H and O–H groups in total. The van der Waals surface area contributed by atoms with Crippen LogP contribution in [0, 0.1) is 0 Å². The zero-order chi connectivity index (χ0) is 18.6. The van der Waals surface area contributed by atoms with E-state index >= 15 is 0 Å². The minimum atomic E-state index is -3.62. The van der Waals surface area contributed by atoms with Crippen LogP contribution in [0.4, 0.5) is 0 Å². The fraction of sp³-hybridized carbons (Fsp3) is 0.118. The van der Waals surface area contributed by atoms with Crippen molar-refractivity contribution in [3.05, 3.63) is 76.9 Å². The zero-order valence-electron chi connectivity index (χ0n) is 13.4. The predicted molar refractivity (Wildman–Crippen MR) is 94.3 cm³/mol. The summed E-state index contributed by atoms with van der Waals surface area (Å²) >= 11 is 5.88. The summed E-state index contributed by atoms with van der Waals surface area (Å²) < 4.78 is 29.4. The Morgan fingerprint density at radius 1 is 1.12 bits per heavy atom. The number of hydrogen-bond donors (Lipinski definition) is 1. The molecule has 0 fully saturated rings. The molecule has 0 aliphatic carbocycles. The largest absolute Gasteiger partial charge is 0.344 e. The van der Waals surface area contributed by atoms with Crippen molar-refractivity contribution >= 4 is 27.3 Å². The number of nitrogens with zero attached hydrogens (tertiary/aromatic N) is 2. The van der Waals surface area contributed by atoms with Crippen molar-refractivity contribution < 1.29 is 17.7 Å². The number of amides is 1. The Kier molecular flexibility index (Phi) is 5.34. The second-order valence-electron chi connectivity index (χ2n) is 5.40. The number of aromatic nitrogens is 2. The van der Waals surface area contributed by atoms with E-state index in [1.54, 1.807) is 42.5 Å². The standard InChI is InChI=1S/C17H14ClN3O4S/c18-13-6-4-5-12(9-13)10-19-16(22)17-20-15(21-25-17)11-26(23,24)14-7-2-1-3-8-14/h1-9H,10-11H2,(H,19,22). The summed E-state index contributed by atoms with van der Waals surface area (Å²) in [7, 11) is -3.62. The first kappa shape index (κ1) is 18.1. The molecule has 1 amide bonds. The lowest BCUT2D eigenvalue weighted by molar-refractivity contribution is 0.0907. The summed E-state index contributed by atoms with van der Waals surface area (Å²) in [5, 5.41) is 6.74. The molecule has 0 aliphatic heterocycles. The van der Waals surface area contributed by atoms with E-state index < -0.39 is 21.5 Å². The van der Waals surface area contributed by atoms with Gasteiger partial charge in [-0.05, 0) is 29.8 Å². The van der Waals surface area contributed by atoms with Gasteiger partial charge in [0.1, 0.15) is 5.75 Å². The lowest BCUT2D eigenvalue weighted by Gasteiger charge is -2.02. The number of sulfone groups is 1. The van der Waals surface area contributed by atoms with Gasteiger partial charge in [-0.25, -0.2) is 8.42 Å². The van der Waals surface area contributed by atoms with Gasteiger partial charge in [0.05, 0.1) is 4.90 Å². The van der Waals surface area contributed by atoms with Crippen LogP contribution in [0.5, 0.6) is 0 Å². The highest BCUT2D eigenvalue weighted by molar-refractivity contribution is 7.90. The molecule has 7 nitrogen and oxygen atoms in total. The number of carbonyl (C=O) groups is 1. The van der Waals surface area contributed by atoms with Crippen LogP contribution >= 0.6 is 11.6 Å². The van der Waals surface area contributed by atoms with Gasteiger partial charge in [0, 0.05) is 11.6 Å². The molecule has 0 spiro atoms. The number of halogens is 1. The Balaban J connectivity index is 1.65. The first-order valence-corrected chi connectivity index (χ1v) is 9.60. The summed E-state index contributed by atoms with van der Waals surface area (Å²) in [6.45, 7) is 0.222. The Labute approximate surface area is 154 Å². The third kappa shape index (κ3) is 4.47.